The van der Waals surface area contributed by atoms with E-state index in [1.54, 1.807) is 18.2 Å². The van der Waals surface area contributed by atoms with E-state index < -0.39 is 0 Å². The molecule has 2 aromatic rings. The van der Waals surface area contributed by atoms with Crippen molar-refractivity contribution < 1.29 is 19.1 Å². The lowest BCUT2D eigenvalue weighted by Gasteiger charge is -2.70. The minimum atomic E-state index is -0.176. The van der Waals surface area contributed by atoms with E-state index in [1.807, 2.05) is 0 Å². The van der Waals surface area contributed by atoms with Crippen molar-refractivity contribution in [2.24, 2.45) is 5.41 Å². The predicted octanol–water partition coefficient (Wildman–Crippen LogP) is 4.94. The molecule has 3 aliphatic rings. The van der Waals surface area contributed by atoms with Crippen molar-refractivity contribution in [3.05, 3.63) is 63.6 Å². The summed E-state index contributed by atoms with van der Waals surface area (Å²) in [5, 5.41) is 3.88. The molecule has 0 saturated heterocycles. The number of carbonyl (C=O) groups is 2. The molecule has 5 rings (SSSR count). The molecule has 0 unspecified atom stereocenters. The molecule has 0 aliphatic heterocycles. The number of carbonyl (C=O) groups excluding carboxylic acids is 2. The van der Waals surface area contributed by atoms with Crippen molar-refractivity contribution in [1.29, 1.82) is 0 Å². The second-order valence-electron chi connectivity index (χ2n) is 9.23. The van der Waals surface area contributed by atoms with Gasteiger partial charge < -0.3 is 14.8 Å². The molecule has 0 heterocycles. The second-order valence-corrected chi connectivity index (χ2v) is 10.0. The smallest absolute Gasteiger partial charge is 0.258 e. The summed E-state index contributed by atoms with van der Waals surface area (Å²) in [4.78, 5) is 24.6. The molecule has 32 heavy (non-hydrogen) atoms. The lowest BCUT2D eigenvalue weighted by molar-refractivity contribution is -0.174. The van der Waals surface area contributed by atoms with E-state index in [2.05, 4.69) is 36.5 Å². The van der Waals surface area contributed by atoms with Gasteiger partial charge in [0.05, 0.1) is 16.7 Å². The Labute approximate surface area is 198 Å². The van der Waals surface area contributed by atoms with Crippen molar-refractivity contribution in [2.45, 2.75) is 44.6 Å². The van der Waals surface area contributed by atoms with E-state index in [9.17, 15) is 9.59 Å². The Hall–Kier alpha value is -2.08. The number of hydrogen-bond acceptors (Lipinski definition) is 4. The number of amides is 1. The van der Waals surface area contributed by atoms with Crippen LogP contribution in [-0.4, -0.2) is 37.0 Å². The number of Topliss-reactive ketones (excluding diaryl/α,β-unsaturated/α-hetero) is 1. The Morgan fingerprint density at radius 3 is 2.41 bits per heavy atom. The first kappa shape index (κ1) is 23.1. The van der Waals surface area contributed by atoms with Gasteiger partial charge in [-0.25, -0.2) is 0 Å². The molecule has 1 N–H and O–H groups in total. The number of ether oxygens (including phenoxy) is 2. The lowest BCUT2D eigenvalue weighted by Crippen LogP contribution is -2.75. The third-order valence-corrected chi connectivity index (χ3v) is 7.04. The maximum Gasteiger partial charge on any atom is 0.258 e. The minimum Gasteiger partial charge on any atom is -0.484 e. The average Bonchev–Trinajstić information content (AvgIpc) is 2.71. The van der Waals surface area contributed by atoms with E-state index in [-0.39, 0.29) is 35.9 Å². The zero-order valence-electron chi connectivity index (χ0n) is 18.1. The van der Waals surface area contributed by atoms with Crippen molar-refractivity contribution in [3.63, 3.8) is 0 Å². The van der Waals surface area contributed by atoms with Gasteiger partial charge in [-0.15, -0.1) is 0 Å². The highest BCUT2D eigenvalue weighted by atomic mass is 35.5. The molecule has 170 valence electrons. The van der Waals surface area contributed by atoms with Gasteiger partial charge in [0.2, 0.25) is 0 Å². The fourth-order valence-corrected chi connectivity index (χ4v) is 5.25. The number of halogens is 2. The molecule has 0 atom stereocenters. The van der Waals surface area contributed by atoms with Crippen LogP contribution in [0.2, 0.25) is 10.0 Å². The Balaban J connectivity index is 1.11. The molecule has 1 amide bonds. The molecule has 3 saturated carbocycles. The second kappa shape index (κ2) is 9.42. The van der Waals surface area contributed by atoms with Crippen LogP contribution in [-0.2, 0) is 20.7 Å². The summed E-state index contributed by atoms with van der Waals surface area (Å²) in [6.45, 7) is 2.68. The topological polar surface area (TPSA) is 64.6 Å². The van der Waals surface area contributed by atoms with Gasteiger partial charge in [0, 0.05) is 18.0 Å². The Morgan fingerprint density at radius 1 is 1.00 bits per heavy atom. The number of hydrogen-bond donors (Lipinski definition) is 1. The first-order valence-corrected chi connectivity index (χ1v) is 11.6. The van der Waals surface area contributed by atoms with Crippen molar-refractivity contribution in [1.82, 2.24) is 5.32 Å². The molecule has 3 fully saturated rings. The third kappa shape index (κ3) is 5.45. The molecule has 2 aromatic carbocycles. The number of nitrogens with one attached hydrogen (secondary N) is 1. The maximum atomic E-state index is 12.3. The average molecular weight is 476 g/mol. The summed E-state index contributed by atoms with van der Waals surface area (Å²) < 4.78 is 11.1. The highest BCUT2D eigenvalue weighted by molar-refractivity contribution is 6.42. The monoisotopic (exact) mass is 475 g/mol. The number of benzene rings is 2. The first-order chi connectivity index (χ1) is 15.3. The molecule has 0 radical (unpaired) electrons. The normalized spacial score (nSPS) is 23.1. The molecular formula is C25H27Cl2NO4. The van der Waals surface area contributed by atoms with Crippen LogP contribution < -0.4 is 10.1 Å². The molecule has 5 nitrogen and oxygen atoms in total. The molecule has 7 heteroatoms. The van der Waals surface area contributed by atoms with Gasteiger partial charge in [-0.3, -0.25) is 9.59 Å². The molecule has 0 aromatic heterocycles. The van der Waals surface area contributed by atoms with Gasteiger partial charge in [-0.1, -0.05) is 53.0 Å². The lowest BCUT2D eigenvalue weighted by atomic mass is 9.38. The maximum absolute atomic E-state index is 12.3. The Morgan fingerprint density at radius 2 is 1.72 bits per heavy atom. The zero-order chi connectivity index (χ0) is 22.8. The van der Waals surface area contributed by atoms with Crippen LogP contribution in [0.5, 0.6) is 5.75 Å². The van der Waals surface area contributed by atoms with Gasteiger partial charge in [-0.05, 0) is 55.7 Å². The van der Waals surface area contributed by atoms with E-state index in [4.69, 9.17) is 32.7 Å². The van der Waals surface area contributed by atoms with Crippen molar-refractivity contribution in [2.75, 3.05) is 19.8 Å². The summed E-state index contributed by atoms with van der Waals surface area (Å²) in [5.74, 6) is 0.461. The predicted molar refractivity (Wildman–Crippen MR) is 124 cm³/mol. The SMILES string of the molecule is Cc1ccc(CCOCC(=O)CC23CC(NC(=O)COc4ccc(Cl)c(Cl)c4)(C2)C3)cc1. The standard InChI is InChI=1S/C25H27Cl2NO4/c1-17-2-4-18(5-3-17)8-9-31-12-19(29)11-24-14-25(15-24,16-24)28-23(30)13-32-20-6-7-21(26)22(27)10-20/h2-7,10H,8-9,11-16H2,1H3,(H,28,30). The van der Waals surface area contributed by atoms with Crippen LogP contribution in [0.1, 0.15) is 36.8 Å². The van der Waals surface area contributed by atoms with Gasteiger partial charge >= 0.3 is 0 Å². The van der Waals surface area contributed by atoms with E-state index in [1.165, 1.54) is 11.1 Å². The van der Waals surface area contributed by atoms with Crippen LogP contribution in [0.15, 0.2) is 42.5 Å². The van der Waals surface area contributed by atoms with Crippen LogP contribution in [0.25, 0.3) is 0 Å². The molecule has 2 bridgehead atoms. The van der Waals surface area contributed by atoms with Crippen LogP contribution >= 0.6 is 23.2 Å². The zero-order valence-corrected chi connectivity index (χ0v) is 19.6. The molecule has 3 aliphatic carbocycles. The Bertz CT molecular complexity index is 986. The summed E-state index contributed by atoms with van der Waals surface area (Å²) in [6.07, 6.45) is 3.85. The quantitative estimate of drug-likeness (QED) is 0.467. The van der Waals surface area contributed by atoms with Gasteiger partial charge in [0.1, 0.15) is 12.4 Å². The van der Waals surface area contributed by atoms with Crippen LogP contribution in [0.4, 0.5) is 0 Å². The highest BCUT2D eigenvalue weighted by Crippen LogP contribution is 2.68. The van der Waals surface area contributed by atoms with Crippen LogP contribution in [0, 0.1) is 12.3 Å². The fourth-order valence-electron chi connectivity index (χ4n) is 4.97. The number of aryl methyl sites for hydroxylation is 1. The minimum absolute atomic E-state index is 0.0369. The fraction of sp³-hybridized carbons (Fsp3) is 0.440. The van der Waals surface area contributed by atoms with Gasteiger partial charge in [0.15, 0.2) is 12.4 Å². The first-order valence-electron chi connectivity index (χ1n) is 10.8. The number of rotatable bonds is 11. The van der Waals surface area contributed by atoms with Crippen LogP contribution in [0.3, 0.4) is 0 Å². The summed E-state index contributed by atoms with van der Waals surface area (Å²) in [7, 11) is 0. The van der Waals surface area contributed by atoms with Crippen molar-refractivity contribution in [3.8, 4) is 5.75 Å². The van der Waals surface area contributed by atoms with Gasteiger partial charge in [0.25, 0.3) is 5.91 Å². The molecule has 0 spiro atoms. The Kier molecular flexibility index (Phi) is 6.80. The van der Waals surface area contributed by atoms with Crippen molar-refractivity contribution >= 4 is 34.9 Å². The van der Waals surface area contributed by atoms with E-state index >= 15 is 0 Å². The number of ketones is 1. The third-order valence-electron chi connectivity index (χ3n) is 6.30. The summed E-state index contributed by atoms with van der Waals surface area (Å²) in [6, 6.07) is 13.2. The van der Waals surface area contributed by atoms with Gasteiger partial charge in [-0.2, -0.15) is 0 Å². The summed E-state index contributed by atoms with van der Waals surface area (Å²) in [5.41, 5.74) is 2.31. The largest absolute Gasteiger partial charge is 0.484 e. The highest BCUT2D eigenvalue weighted by Gasteiger charge is 2.68. The van der Waals surface area contributed by atoms with E-state index in [0.717, 1.165) is 25.7 Å². The molecular weight excluding hydrogens is 449 g/mol. The van der Waals surface area contributed by atoms with E-state index in [0.29, 0.717) is 28.8 Å². The summed E-state index contributed by atoms with van der Waals surface area (Å²) >= 11 is 11.8.